The third-order valence-corrected chi connectivity index (χ3v) is 3.95. The Morgan fingerprint density at radius 2 is 1.96 bits per heavy atom. The van der Waals surface area contributed by atoms with Crippen LogP contribution in [0.4, 0.5) is 5.69 Å². The summed E-state index contributed by atoms with van der Waals surface area (Å²) < 4.78 is 5.61. The lowest BCUT2D eigenvalue weighted by molar-refractivity contribution is -0.130. The molecule has 1 aliphatic heterocycles. The molecule has 1 aromatic rings. The van der Waals surface area contributed by atoms with E-state index in [0.717, 1.165) is 31.5 Å². The lowest BCUT2D eigenvalue weighted by Crippen LogP contribution is -2.34. The van der Waals surface area contributed by atoms with Gasteiger partial charge < -0.3 is 20.3 Å². The summed E-state index contributed by atoms with van der Waals surface area (Å²) in [6, 6.07) is 5.57. The Balaban J connectivity index is 0.00000288. The number of nitrogens with one attached hydrogen (secondary N) is 2. The van der Waals surface area contributed by atoms with Crippen LogP contribution in [0.1, 0.15) is 18.4 Å². The number of benzene rings is 1. The first kappa shape index (κ1) is 20.3. The van der Waals surface area contributed by atoms with Crippen LogP contribution in [0.25, 0.3) is 0 Å². The number of carbonyl (C=O) groups excluding carboxylic acids is 2. The SMILES string of the molecule is Cc1ccc(NC(=O)C2CCNCC2)c(OCC(=O)N(C)C)c1.Cl. The molecule has 0 aromatic heterocycles. The van der Waals surface area contributed by atoms with E-state index in [1.807, 2.05) is 25.1 Å². The molecule has 24 heavy (non-hydrogen) atoms. The van der Waals surface area contributed by atoms with E-state index in [9.17, 15) is 9.59 Å². The van der Waals surface area contributed by atoms with Crippen molar-refractivity contribution in [3.63, 3.8) is 0 Å². The molecule has 0 bridgehead atoms. The van der Waals surface area contributed by atoms with Gasteiger partial charge in [-0.2, -0.15) is 0 Å². The first-order chi connectivity index (χ1) is 11.0. The number of nitrogens with zero attached hydrogens (tertiary/aromatic N) is 1. The van der Waals surface area contributed by atoms with Gasteiger partial charge in [0.2, 0.25) is 5.91 Å². The van der Waals surface area contributed by atoms with Crippen LogP contribution in [0.15, 0.2) is 18.2 Å². The number of likely N-dealkylation sites (N-methyl/N-ethyl adjacent to an activating group) is 1. The zero-order valence-electron chi connectivity index (χ0n) is 14.4. The molecule has 2 N–H and O–H groups in total. The van der Waals surface area contributed by atoms with Crippen molar-refractivity contribution in [1.29, 1.82) is 0 Å². The maximum absolute atomic E-state index is 12.4. The predicted octanol–water partition coefficient (Wildman–Crippen LogP) is 1.82. The van der Waals surface area contributed by atoms with Crippen molar-refractivity contribution in [2.45, 2.75) is 19.8 Å². The molecule has 0 saturated carbocycles. The Kier molecular flexibility index (Phi) is 8.01. The van der Waals surface area contributed by atoms with Crippen molar-refractivity contribution < 1.29 is 14.3 Å². The predicted molar refractivity (Wildman–Crippen MR) is 96.8 cm³/mol. The zero-order valence-corrected chi connectivity index (χ0v) is 15.2. The Hall–Kier alpha value is -1.79. The lowest BCUT2D eigenvalue weighted by Gasteiger charge is -2.22. The second-order valence-corrected chi connectivity index (χ2v) is 6.09. The van der Waals surface area contributed by atoms with Gasteiger partial charge in [0.15, 0.2) is 6.61 Å². The van der Waals surface area contributed by atoms with Crippen molar-refractivity contribution in [3.05, 3.63) is 23.8 Å². The topological polar surface area (TPSA) is 70.7 Å². The second-order valence-electron chi connectivity index (χ2n) is 6.09. The Bertz CT molecular complexity index is 572. The summed E-state index contributed by atoms with van der Waals surface area (Å²) in [6.07, 6.45) is 1.68. The van der Waals surface area contributed by atoms with Crippen LogP contribution in [-0.2, 0) is 9.59 Å². The van der Waals surface area contributed by atoms with E-state index < -0.39 is 0 Å². The molecular weight excluding hydrogens is 330 g/mol. The van der Waals surface area contributed by atoms with Gasteiger partial charge in [0.1, 0.15) is 5.75 Å². The monoisotopic (exact) mass is 355 g/mol. The van der Waals surface area contributed by atoms with Gasteiger partial charge >= 0.3 is 0 Å². The molecule has 0 radical (unpaired) electrons. The van der Waals surface area contributed by atoms with Gasteiger partial charge in [-0.1, -0.05) is 6.07 Å². The van der Waals surface area contributed by atoms with E-state index in [-0.39, 0.29) is 36.7 Å². The molecule has 134 valence electrons. The number of carbonyl (C=O) groups is 2. The van der Waals surface area contributed by atoms with E-state index in [1.165, 1.54) is 4.90 Å². The third-order valence-electron chi connectivity index (χ3n) is 3.95. The first-order valence-electron chi connectivity index (χ1n) is 7.92. The molecule has 1 aromatic carbocycles. The Morgan fingerprint density at radius 1 is 1.29 bits per heavy atom. The van der Waals surface area contributed by atoms with Crippen LogP contribution >= 0.6 is 12.4 Å². The van der Waals surface area contributed by atoms with Gasteiger partial charge in [0, 0.05) is 20.0 Å². The summed E-state index contributed by atoms with van der Waals surface area (Å²) in [5.41, 5.74) is 1.63. The zero-order chi connectivity index (χ0) is 16.8. The van der Waals surface area contributed by atoms with Crippen molar-refractivity contribution in [2.75, 3.05) is 39.1 Å². The summed E-state index contributed by atoms with van der Waals surface area (Å²) in [5, 5.41) is 6.19. The number of rotatable bonds is 5. The van der Waals surface area contributed by atoms with E-state index in [2.05, 4.69) is 10.6 Å². The van der Waals surface area contributed by atoms with Crippen molar-refractivity contribution in [2.24, 2.45) is 5.92 Å². The molecule has 1 saturated heterocycles. The van der Waals surface area contributed by atoms with E-state index in [1.54, 1.807) is 14.1 Å². The van der Waals surface area contributed by atoms with Crippen molar-refractivity contribution in [3.8, 4) is 5.75 Å². The van der Waals surface area contributed by atoms with Gasteiger partial charge in [0.25, 0.3) is 5.91 Å². The highest BCUT2D eigenvalue weighted by atomic mass is 35.5. The lowest BCUT2D eigenvalue weighted by atomic mass is 9.97. The fourth-order valence-corrected chi connectivity index (χ4v) is 2.44. The minimum Gasteiger partial charge on any atom is -0.482 e. The molecule has 0 unspecified atom stereocenters. The molecule has 1 heterocycles. The molecule has 0 aliphatic carbocycles. The average Bonchev–Trinajstić information content (AvgIpc) is 2.55. The Morgan fingerprint density at radius 3 is 2.58 bits per heavy atom. The van der Waals surface area contributed by atoms with Gasteiger partial charge in [-0.25, -0.2) is 0 Å². The average molecular weight is 356 g/mol. The highest BCUT2D eigenvalue weighted by Gasteiger charge is 2.22. The van der Waals surface area contributed by atoms with E-state index >= 15 is 0 Å². The van der Waals surface area contributed by atoms with Crippen LogP contribution in [0.2, 0.25) is 0 Å². The normalized spacial score (nSPS) is 14.5. The van der Waals surface area contributed by atoms with E-state index in [0.29, 0.717) is 11.4 Å². The highest BCUT2D eigenvalue weighted by Crippen LogP contribution is 2.27. The van der Waals surface area contributed by atoms with Crippen LogP contribution < -0.4 is 15.4 Å². The number of piperidine rings is 1. The number of hydrogen-bond donors (Lipinski definition) is 2. The number of anilines is 1. The standard InChI is InChI=1S/C17H25N3O3.ClH/c1-12-4-5-14(15(10-12)23-11-16(21)20(2)3)19-17(22)13-6-8-18-9-7-13;/h4-5,10,13,18H,6-9,11H2,1-3H3,(H,19,22);1H. The van der Waals surface area contributed by atoms with Gasteiger partial charge in [-0.05, 0) is 50.6 Å². The third kappa shape index (κ3) is 5.69. The number of amides is 2. The van der Waals surface area contributed by atoms with Crippen molar-refractivity contribution in [1.82, 2.24) is 10.2 Å². The van der Waals surface area contributed by atoms with Crippen LogP contribution in [0, 0.1) is 12.8 Å². The van der Waals surface area contributed by atoms with Gasteiger partial charge in [0.05, 0.1) is 5.69 Å². The Labute approximate surface area is 149 Å². The van der Waals surface area contributed by atoms with Crippen LogP contribution in [0.5, 0.6) is 5.75 Å². The van der Waals surface area contributed by atoms with E-state index in [4.69, 9.17) is 4.74 Å². The first-order valence-corrected chi connectivity index (χ1v) is 7.92. The number of hydrogen-bond acceptors (Lipinski definition) is 4. The quantitative estimate of drug-likeness (QED) is 0.845. The van der Waals surface area contributed by atoms with Gasteiger partial charge in [-0.15, -0.1) is 12.4 Å². The van der Waals surface area contributed by atoms with Crippen molar-refractivity contribution >= 4 is 29.9 Å². The molecule has 0 spiro atoms. The summed E-state index contributed by atoms with van der Waals surface area (Å²) in [5.74, 6) is 0.442. The molecule has 0 atom stereocenters. The minimum absolute atomic E-state index is 0. The summed E-state index contributed by atoms with van der Waals surface area (Å²) in [4.78, 5) is 25.5. The smallest absolute Gasteiger partial charge is 0.259 e. The number of halogens is 1. The fourth-order valence-electron chi connectivity index (χ4n) is 2.44. The highest BCUT2D eigenvalue weighted by molar-refractivity contribution is 5.94. The number of aryl methyl sites for hydroxylation is 1. The molecule has 2 amide bonds. The van der Waals surface area contributed by atoms with Crippen LogP contribution in [-0.4, -0.2) is 50.5 Å². The molecule has 1 aliphatic rings. The molecular formula is C17H26ClN3O3. The summed E-state index contributed by atoms with van der Waals surface area (Å²) >= 11 is 0. The molecule has 2 rings (SSSR count). The summed E-state index contributed by atoms with van der Waals surface area (Å²) in [6.45, 7) is 3.63. The van der Waals surface area contributed by atoms with Gasteiger partial charge in [-0.3, -0.25) is 9.59 Å². The fraction of sp³-hybridized carbons (Fsp3) is 0.529. The molecule has 7 heteroatoms. The maximum Gasteiger partial charge on any atom is 0.259 e. The largest absolute Gasteiger partial charge is 0.482 e. The minimum atomic E-state index is -0.123. The molecule has 6 nitrogen and oxygen atoms in total. The summed E-state index contributed by atoms with van der Waals surface area (Å²) in [7, 11) is 3.36. The maximum atomic E-state index is 12.4. The molecule has 1 fully saturated rings. The number of ether oxygens (including phenoxy) is 1. The van der Waals surface area contributed by atoms with Crippen LogP contribution in [0.3, 0.4) is 0 Å². The second kappa shape index (κ2) is 9.49.